The van der Waals surface area contributed by atoms with Gasteiger partial charge in [0, 0.05) is 0 Å². The maximum absolute atomic E-state index is 8.46. The third kappa shape index (κ3) is 243. The second-order valence-corrected chi connectivity index (χ2v) is 0.866. The van der Waals surface area contributed by atoms with Crippen molar-refractivity contribution in [2.75, 3.05) is 0 Å². The molecule has 0 aliphatic heterocycles. The maximum atomic E-state index is 8.46. The van der Waals surface area contributed by atoms with Crippen molar-refractivity contribution < 1.29 is 166 Å². The monoisotopic (exact) mass is 775 g/mol. The van der Waals surface area contributed by atoms with Gasteiger partial charge in [0.1, 0.15) is 0 Å². The average molecular weight is 775 g/mol. The summed E-state index contributed by atoms with van der Waals surface area (Å²) < 4.78 is 50.8. The van der Waals surface area contributed by atoms with E-state index in [-0.39, 0.29) is 161 Å². The molecular weight excluding hydrogens is 775 g/mol. The van der Waals surface area contributed by atoms with Crippen LogP contribution in [-0.2, 0) is 11.4 Å². The van der Waals surface area contributed by atoms with Gasteiger partial charge in [-0.2, -0.15) is 0 Å². The molecule has 9 nitrogen and oxygen atoms in total. The van der Waals surface area contributed by atoms with E-state index in [2.05, 4.69) is 0 Å². The summed E-state index contributed by atoms with van der Waals surface area (Å²) in [6, 6.07) is 0. The molecule has 0 aromatic carbocycles. The van der Waals surface area contributed by atoms with Crippen LogP contribution in [0.25, 0.3) is 18.5 Å². The fourth-order valence-electron chi connectivity index (χ4n) is 0. The van der Waals surface area contributed by atoms with E-state index in [9.17, 15) is 0 Å². The van der Waals surface area contributed by atoms with Crippen molar-refractivity contribution in [3.05, 3.63) is 18.5 Å². The summed E-state index contributed by atoms with van der Waals surface area (Å²) in [6.07, 6.45) is 0. The Bertz CT molecular complexity index is 67.8. The quantitative estimate of drug-likeness (QED) is 0.223. The minimum atomic E-state index is -1.75. The summed E-state index contributed by atoms with van der Waals surface area (Å²) >= 11 is -5.25. The molecule has 72 valence electrons. The first-order valence-corrected chi connectivity index (χ1v) is 4.24. The van der Waals surface area contributed by atoms with E-state index in [0.29, 0.717) is 0 Å². The Hall–Kier alpha value is 5.06. The van der Waals surface area contributed by atoms with Gasteiger partial charge in [-0.15, -0.1) is 0 Å². The van der Waals surface area contributed by atoms with Gasteiger partial charge in [-0.1, -0.05) is 0 Å². The summed E-state index contributed by atoms with van der Waals surface area (Å²) in [5.74, 6) is 0. The predicted molar refractivity (Wildman–Crippen MR) is 29.4 cm³/mol. The molecule has 0 unspecified atom stereocenters. The normalized spacial score (nSPS) is 1.50. The van der Waals surface area contributed by atoms with Crippen molar-refractivity contribution in [3.8, 4) is 0 Å². The van der Waals surface area contributed by atoms with Crippen LogP contribution < -0.4 is 12.5 Å². The van der Waals surface area contributed by atoms with Crippen LogP contribution in [0.1, 0.15) is 0 Å². The van der Waals surface area contributed by atoms with Crippen molar-refractivity contribution in [2.24, 2.45) is 0 Å². The third-order valence-electron chi connectivity index (χ3n) is 0. The molecule has 0 spiro atoms. The summed E-state index contributed by atoms with van der Waals surface area (Å²) in [5, 5.41) is 0. The molecule has 0 aromatic heterocycles. The fraction of sp³-hybridized carbons (Fsp3) is 0. The number of hydrogen-bond acceptors (Lipinski definition) is 6. The first-order chi connectivity index (χ1) is 4.24. The van der Waals surface area contributed by atoms with E-state index in [1.165, 1.54) is 0 Å². The molecule has 0 aliphatic carbocycles. The molecule has 0 saturated carbocycles. The first kappa shape index (κ1) is 69.3. The van der Waals surface area contributed by atoms with Gasteiger partial charge in [-0.25, -0.2) is 0 Å². The third-order valence-corrected chi connectivity index (χ3v) is 0. The molecule has 0 aromatic rings. The van der Waals surface area contributed by atoms with Crippen molar-refractivity contribution in [1.29, 1.82) is 0 Å². The Labute approximate surface area is 225 Å². The zero-order valence-electron chi connectivity index (χ0n) is 7.83. The van der Waals surface area contributed by atoms with E-state index >= 15 is 0 Å². The van der Waals surface area contributed by atoms with E-state index in [1.54, 1.807) is 0 Å². The summed E-state index contributed by atoms with van der Waals surface area (Å²) in [5.41, 5.74) is 0. The number of nitrogens with zero attached hydrogens (tertiary/aromatic N) is 3. The van der Waals surface area contributed by atoms with Crippen molar-refractivity contribution in [1.82, 2.24) is 0 Å². The Morgan fingerprint density at radius 1 is 0.500 bits per heavy atom. The predicted octanol–water partition coefficient (Wildman–Crippen LogP) is -4.20. The standard InChI is InChI=1S/3Al.4La.3N.6O/q;;;4*+3;3*-3;;;;3*-1. The SMILES string of the molecule is [La+3].[La+3].[La+3].[La+3].[N-3].[N-3].[N-3].[O]=[Al][O-].[O]=[Al][O-].[O]=[Al][O-]. The molecule has 0 rings (SSSR count). The van der Waals surface area contributed by atoms with Gasteiger partial charge in [0.05, 0.1) is 0 Å². The van der Waals surface area contributed by atoms with Gasteiger partial charge < -0.3 is 18.5 Å². The molecule has 0 radical (unpaired) electrons. The molecule has 0 amide bonds. The van der Waals surface area contributed by atoms with Crippen LogP contribution >= 0.6 is 0 Å². The molecule has 0 heterocycles. The van der Waals surface area contributed by atoms with Gasteiger partial charge in [-0.3, -0.25) is 0 Å². The Morgan fingerprint density at radius 2 is 0.500 bits per heavy atom. The van der Waals surface area contributed by atoms with Crippen molar-refractivity contribution in [2.45, 2.75) is 0 Å². The summed E-state index contributed by atoms with van der Waals surface area (Å²) in [6.45, 7) is 0. The Morgan fingerprint density at radius 3 is 0.500 bits per heavy atom. The van der Waals surface area contributed by atoms with Gasteiger partial charge in [0.2, 0.25) is 0 Å². The Kier molecular flexibility index (Phi) is 486. The minimum absolute atomic E-state index is 0. The number of hydrogen-bond donors (Lipinski definition) is 0. The molecule has 16 heteroatoms. The molecule has 0 fully saturated rings. The number of rotatable bonds is 0. The second-order valence-electron chi connectivity index (χ2n) is 0.289. The van der Waals surface area contributed by atoms with Gasteiger partial charge in [0.15, 0.2) is 0 Å². The van der Waals surface area contributed by atoms with Crippen LogP contribution in [-0.4, -0.2) is 46.5 Å². The molecule has 0 atom stereocenters. The topological polar surface area (TPSA) is 212 Å². The van der Waals surface area contributed by atoms with Crippen molar-refractivity contribution in [3.63, 3.8) is 0 Å². The zero-order valence-corrected chi connectivity index (χ0v) is 25.8. The van der Waals surface area contributed by atoms with Crippen LogP contribution in [0.3, 0.4) is 0 Å². The molecule has 0 aliphatic rings. The van der Waals surface area contributed by atoms with Crippen LogP contribution in [0.4, 0.5) is 0 Å². The van der Waals surface area contributed by atoms with Gasteiger partial charge in [0.25, 0.3) is 0 Å². The van der Waals surface area contributed by atoms with E-state index < -0.39 is 46.5 Å². The summed E-state index contributed by atoms with van der Waals surface area (Å²) in [4.78, 5) is 0. The average Bonchev–Trinajstić information content (AvgIpc) is 1.70. The van der Waals surface area contributed by atoms with Crippen LogP contribution in [0.15, 0.2) is 0 Å². The zero-order chi connectivity index (χ0) is 8.12. The molecule has 0 N–H and O–H groups in total. The van der Waals surface area contributed by atoms with Crippen LogP contribution in [0.5, 0.6) is 0 Å². The van der Waals surface area contributed by atoms with Crippen molar-refractivity contribution >= 4 is 46.5 Å². The van der Waals surface area contributed by atoms with E-state index in [0.717, 1.165) is 0 Å². The first-order valence-electron chi connectivity index (χ1n) is 1.41. The van der Waals surface area contributed by atoms with E-state index in [4.69, 9.17) is 23.9 Å². The summed E-state index contributed by atoms with van der Waals surface area (Å²) in [7, 11) is 0. The molecule has 0 saturated heterocycles. The van der Waals surface area contributed by atoms with Gasteiger partial charge >= 0.3 is 213 Å². The van der Waals surface area contributed by atoms with E-state index in [1.807, 2.05) is 0 Å². The van der Waals surface area contributed by atoms with Gasteiger partial charge in [-0.05, 0) is 0 Å². The van der Waals surface area contributed by atoms with Crippen LogP contribution in [0.2, 0.25) is 0 Å². The fourth-order valence-corrected chi connectivity index (χ4v) is 0. The molecule has 16 heavy (non-hydrogen) atoms. The molecular formula is Al3La4N3O6. The molecule has 0 bridgehead atoms. The second kappa shape index (κ2) is 112. The van der Waals surface area contributed by atoms with Crippen LogP contribution in [0, 0.1) is 142 Å². The Balaban J connectivity index is -0.00000000346.